The molecule has 0 aliphatic rings. The lowest BCUT2D eigenvalue weighted by atomic mass is 10.3. The lowest BCUT2D eigenvalue weighted by molar-refractivity contribution is -0.341. The largest absolute Gasteiger partial charge is 0.473 e. The summed E-state index contributed by atoms with van der Waals surface area (Å²) in [5.41, 5.74) is 1.14. The molecule has 0 saturated carbocycles. The number of H-pyrrole nitrogens is 2. The number of hydrogen-bond donors (Lipinski definition) is 3. The van der Waals surface area contributed by atoms with Gasteiger partial charge in [-0.25, -0.2) is 30.2 Å². The molecule has 2 heterocycles. The predicted molar refractivity (Wildman–Crippen MR) is 73.9 cm³/mol. The second-order valence-electron chi connectivity index (χ2n) is 3.91. The molecule has 2 aromatic rings. The molecule has 9 nitrogen and oxygen atoms in total. The van der Waals surface area contributed by atoms with Gasteiger partial charge in [-0.3, -0.25) is 0 Å². The van der Waals surface area contributed by atoms with E-state index < -0.39 is 12.2 Å². The summed E-state index contributed by atoms with van der Waals surface area (Å²) in [4.78, 5) is 32.8. The molecule has 112 valence electrons. The molecule has 0 aliphatic heterocycles. The van der Waals surface area contributed by atoms with Crippen LogP contribution in [0.2, 0.25) is 0 Å². The van der Waals surface area contributed by atoms with E-state index in [2.05, 4.69) is 25.6 Å². The summed E-state index contributed by atoms with van der Waals surface area (Å²) in [5.74, 6) is 0.649. The highest BCUT2D eigenvalue weighted by Gasteiger charge is 2.18. The molecule has 2 amide bonds. The summed E-state index contributed by atoms with van der Waals surface area (Å²) in [6.07, 6.45) is 0.254. The number of fused-ring (bicyclic) bond motifs is 1. The number of pyridine rings is 1. The van der Waals surface area contributed by atoms with Gasteiger partial charge < -0.3 is 14.5 Å². The van der Waals surface area contributed by atoms with Crippen LogP contribution in [0.3, 0.4) is 0 Å². The Balaban J connectivity index is 2.27. The highest BCUT2D eigenvalue weighted by Crippen LogP contribution is 2.18. The van der Waals surface area contributed by atoms with Crippen LogP contribution in [-0.4, -0.2) is 35.4 Å². The minimum atomic E-state index is -0.619. The molecule has 0 radical (unpaired) electrons. The van der Waals surface area contributed by atoms with Gasteiger partial charge in [0.15, 0.2) is 5.52 Å². The van der Waals surface area contributed by atoms with E-state index in [4.69, 9.17) is 9.47 Å². The Morgan fingerprint density at radius 3 is 2.57 bits per heavy atom. The molecular weight excluding hydrogens is 278 g/mol. The van der Waals surface area contributed by atoms with Gasteiger partial charge in [0.2, 0.25) is 5.82 Å². The van der Waals surface area contributed by atoms with E-state index in [0.717, 1.165) is 0 Å². The maximum atomic E-state index is 11.5. The first-order chi connectivity index (χ1) is 10.1. The number of carbonyl (C=O) groups excluding carboxylic acids is 2. The lowest BCUT2D eigenvalue weighted by Crippen LogP contribution is -2.25. The van der Waals surface area contributed by atoms with E-state index in [-0.39, 0.29) is 13.2 Å². The van der Waals surface area contributed by atoms with Crippen LogP contribution in [0.1, 0.15) is 13.8 Å². The number of amides is 2. The van der Waals surface area contributed by atoms with Crippen molar-refractivity contribution in [3.8, 4) is 0 Å². The standard InChI is InChI=1S/C12H15N5O4/c1-3-20-11(18)16-8-5-7-9(14-6-13-7)10(15-8)17-12(19)21-4-2/h5-6H,3-4H2,1-2H3,(H,13,14)(H2,15,16,17,18,19)/p+1. The van der Waals surface area contributed by atoms with Crippen LogP contribution in [0, 0.1) is 0 Å². The van der Waals surface area contributed by atoms with Gasteiger partial charge in [0, 0.05) is 6.07 Å². The monoisotopic (exact) mass is 294 g/mol. The number of anilines is 2. The first kappa shape index (κ1) is 14.6. The Kier molecular flexibility index (Phi) is 4.54. The molecule has 0 saturated heterocycles. The molecule has 0 aliphatic carbocycles. The van der Waals surface area contributed by atoms with Crippen LogP contribution in [0.4, 0.5) is 21.2 Å². The maximum Gasteiger partial charge on any atom is 0.473 e. The van der Waals surface area contributed by atoms with Crippen LogP contribution in [0.25, 0.3) is 11.0 Å². The highest BCUT2D eigenvalue weighted by atomic mass is 16.6. The van der Waals surface area contributed by atoms with E-state index >= 15 is 0 Å². The fourth-order valence-corrected chi connectivity index (χ4v) is 1.69. The summed E-state index contributed by atoms with van der Waals surface area (Å²) in [7, 11) is 0. The quantitative estimate of drug-likeness (QED) is 0.789. The minimum Gasteiger partial charge on any atom is -0.438 e. The SMILES string of the molecule is CCOC(=O)Nc1cc2[nH]cnc2c(NC(=O)OCC)[nH+]1. The third-order valence-corrected chi connectivity index (χ3v) is 2.47. The molecule has 0 fully saturated rings. The summed E-state index contributed by atoms with van der Waals surface area (Å²) in [5, 5.41) is 5.04. The molecular formula is C12H16N5O4+. The van der Waals surface area contributed by atoms with Crippen molar-refractivity contribution in [3.63, 3.8) is 0 Å². The van der Waals surface area contributed by atoms with Crippen molar-refractivity contribution in [2.75, 3.05) is 23.8 Å². The smallest absolute Gasteiger partial charge is 0.438 e. The zero-order valence-corrected chi connectivity index (χ0v) is 11.6. The Morgan fingerprint density at radius 1 is 1.24 bits per heavy atom. The van der Waals surface area contributed by atoms with E-state index in [1.54, 1.807) is 19.9 Å². The van der Waals surface area contributed by atoms with Crippen molar-refractivity contribution in [1.29, 1.82) is 0 Å². The van der Waals surface area contributed by atoms with E-state index in [1.807, 2.05) is 0 Å². The molecule has 0 unspecified atom stereocenters. The Hall–Kier alpha value is -2.84. The van der Waals surface area contributed by atoms with Crippen molar-refractivity contribution in [2.24, 2.45) is 0 Å². The Labute approximate surface area is 120 Å². The van der Waals surface area contributed by atoms with Gasteiger partial charge in [0.25, 0.3) is 5.82 Å². The van der Waals surface area contributed by atoms with Crippen LogP contribution in [0.15, 0.2) is 12.4 Å². The average molecular weight is 294 g/mol. The summed E-state index contributed by atoms with van der Waals surface area (Å²) >= 11 is 0. The van der Waals surface area contributed by atoms with Gasteiger partial charge in [0.1, 0.15) is 0 Å². The molecule has 4 N–H and O–H groups in total. The topological polar surface area (TPSA) is 119 Å². The summed E-state index contributed by atoms with van der Waals surface area (Å²) < 4.78 is 9.60. The fraction of sp³-hybridized carbons (Fsp3) is 0.333. The zero-order chi connectivity index (χ0) is 15.2. The van der Waals surface area contributed by atoms with Crippen LogP contribution in [-0.2, 0) is 9.47 Å². The molecule has 21 heavy (non-hydrogen) atoms. The third kappa shape index (κ3) is 3.59. The Morgan fingerprint density at radius 2 is 1.90 bits per heavy atom. The Bertz CT molecular complexity index is 654. The molecule has 0 spiro atoms. The predicted octanol–water partition coefficient (Wildman–Crippen LogP) is 1.51. The number of hydrogen-bond acceptors (Lipinski definition) is 5. The number of aromatic nitrogens is 3. The zero-order valence-electron chi connectivity index (χ0n) is 11.6. The number of nitrogens with zero attached hydrogens (tertiary/aromatic N) is 1. The molecule has 0 aromatic carbocycles. The fourth-order valence-electron chi connectivity index (χ4n) is 1.69. The van der Waals surface area contributed by atoms with Gasteiger partial charge in [-0.2, -0.15) is 0 Å². The molecule has 2 rings (SSSR count). The van der Waals surface area contributed by atoms with Crippen molar-refractivity contribution < 1.29 is 24.0 Å². The van der Waals surface area contributed by atoms with Crippen LogP contribution in [0.5, 0.6) is 0 Å². The van der Waals surface area contributed by atoms with Gasteiger partial charge in [-0.05, 0) is 13.8 Å². The van der Waals surface area contributed by atoms with Crippen molar-refractivity contribution in [2.45, 2.75) is 13.8 Å². The van der Waals surface area contributed by atoms with Crippen LogP contribution >= 0.6 is 0 Å². The minimum absolute atomic E-state index is 0.246. The van der Waals surface area contributed by atoms with E-state index in [0.29, 0.717) is 22.7 Å². The normalized spacial score (nSPS) is 10.2. The number of carbonyl (C=O) groups is 2. The second kappa shape index (κ2) is 6.55. The summed E-state index contributed by atoms with van der Waals surface area (Å²) in [6.45, 7) is 3.91. The van der Waals surface area contributed by atoms with E-state index in [1.165, 1.54) is 6.33 Å². The summed E-state index contributed by atoms with van der Waals surface area (Å²) in [6, 6.07) is 1.63. The molecule has 2 aromatic heterocycles. The number of nitrogens with one attached hydrogen (secondary N) is 4. The highest BCUT2D eigenvalue weighted by molar-refractivity contribution is 5.94. The molecule has 0 bridgehead atoms. The number of aromatic amines is 2. The van der Waals surface area contributed by atoms with Crippen molar-refractivity contribution >= 4 is 34.9 Å². The van der Waals surface area contributed by atoms with Gasteiger partial charge in [-0.15, -0.1) is 0 Å². The average Bonchev–Trinajstić information content (AvgIpc) is 2.87. The molecule has 0 atom stereocenters. The first-order valence-corrected chi connectivity index (χ1v) is 6.41. The van der Waals surface area contributed by atoms with E-state index in [9.17, 15) is 9.59 Å². The van der Waals surface area contributed by atoms with Crippen molar-refractivity contribution in [1.82, 2.24) is 9.97 Å². The van der Waals surface area contributed by atoms with Gasteiger partial charge in [0.05, 0.1) is 25.1 Å². The maximum absolute atomic E-state index is 11.5. The van der Waals surface area contributed by atoms with Crippen LogP contribution < -0.4 is 15.6 Å². The first-order valence-electron chi connectivity index (χ1n) is 6.41. The number of ether oxygens (including phenoxy) is 2. The van der Waals surface area contributed by atoms with Gasteiger partial charge >= 0.3 is 12.2 Å². The third-order valence-electron chi connectivity index (χ3n) is 2.47. The number of rotatable bonds is 4. The van der Waals surface area contributed by atoms with Crippen molar-refractivity contribution in [3.05, 3.63) is 12.4 Å². The van der Waals surface area contributed by atoms with Gasteiger partial charge in [-0.1, -0.05) is 0 Å². The number of imidazole rings is 1. The molecule has 9 heteroatoms. The second-order valence-corrected chi connectivity index (χ2v) is 3.91. The lowest BCUT2D eigenvalue weighted by Gasteiger charge is -2.04.